The van der Waals surface area contributed by atoms with Gasteiger partial charge in [-0.1, -0.05) is 85.8 Å². The lowest BCUT2D eigenvalue weighted by Gasteiger charge is -2.32. The number of nitrogens with zero attached hydrogens (tertiary/aromatic N) is 1. The first-order valence-electron chi connectivity index (χ1n) is 11.6. The molecule has 0 heterocycles. The maximum atomic E-state index is 13.3. The van der Waals surface area contributed by atoms with Gasteiger partial charge in [0.25, 0.3) is 0 Å². The highest BCUT2D eigenvalue weighted by Crippen LogP contribution is 2.25. The molecule has 0 saturated heterocycles. The molecule has 0 bridgehead atoms. The van der Waals surface area contributed by atoms with Gasteiger partial charge in [0, 0.05) is 18.3 Å². The van der Waals surface area contributed by atoms with E-state index < -0.39 is 6.04 Å². The molecule has 0 radical (unpaired) electrons. The Labute approximate surface area is 211 Å². The lowest BCUT2D eigenvalue weighted by molar-refractivity contribution is -0.139. The molecule has 2 aromatic rings. The standard InChI is InChI=1S/C26H32Cl2N2O2S/c1-2-24(26(32)29-21-11-7-4-8-12-21)30(16-19-9-5-3-6-10-19)25(31)18-33-17-20-13-14-22(27)23(28)15-20/h3,5-6,9-10,13-15,21,24H,2,4,7-8,11-12,16-18H2,1H3,(H,29,32)/t24-/m0/s1. The summed E-state index contributed by atoms with van der Waals surface area (Å²) >= 11 is 13.6. The second-order valence-corrected chi connectivity index (χ2v) is 10.3. The van der Waals surface area contributed by atoms with Crippen LogP contribution in [0.15, 0.2) is 48.5 Å². The van der Waals surface area contributed by atoms with Crippen molar-refractivity contribution in [3.63, 3.8) is 0 Å². The molecule has 1 saturated carbocycles. The van der Waals surface area contributed by atoms with E-state index in [0.717, 1.165) is 36.8 Å². The van der Waals surface area contributed by atoms with Crippen LogP contribution < -0.4 is 5.32 Å². The molecule has 178 valence electrons. The highest BCUT2D eigenvalue weighted by Gasteiger charge is 2.30. The predicted octanol–water partition coefficient (Wildman–Crippen LogP) is 6.48. The monoisotopic (exact) mass is 506 g/mol. The zero-order valence-corrected chi connectivity index (χ0v) is 21.4. The summed E-state index contributed by atoms with van der Waals surface area (Å²) < 4.78 is 0. The van der Waals surface area contributed by atoms with Crippen molar-refractivity contribution in [3.8, 4) is 0 Å². The van der Waals surface area contributed by atoms with Crippen LogP contribution in [-0.4, -0.2) is 34.6 Å². The second kappa shape index (κ2) is 13.3. The fraction of sp³-hybridized carbons (Fsp3) is 0.462. The van der Waals surface area contributed by atoms with Gasteiger partial charge < -0.3 is 10.2 Å². The molecule has 7 heteroatoms. The SMILES string of the molecule is CC[C@@H](C(=O)NC1CCCCC1)N(Cc1ccccc1)C(=O)CSCc1ccc(Cl)c(Cl)c1. The third kappa shape index (κ3) is 7.94. The summed E-state index contributed by atoms with van der Waals surface area (Å²) in [4.78, 5) is 28.3. The third-order valence-corrected chi connectivity index (χ3v) is 7.74. The largest absolute Gasteiger partial charge is 0.352 e. The molecular weight excluding hydrogens is 475 g/mol. The fourth-order valence-corrected chi connectivity index (χ4v) is 5.39. The molecule has 1 aliphatic rings. The van der Waals surface area contributed by atoms with E-state index in [-0.39, 0.29) is 17.9 Å². The maximum absolute atomic E-state index is 13.3. The van der Waals surface area contributed by atoms with Crippen molar-refractivity contribution in [2.75, 3.05) is 5.75 Å². The smallest absolute Gasteiger partial charge is 0.243 e. The van der Waals surface area contributed by atoms with E-state index in [4.69, 9.17) is 23.2 Å². The lowest BCUT2D eigenvalue weighted by Crippen LogP contribution is -2.52. The van der Waals surface area contributed by atoms with Crippen LogP contribution in [0.3, 0.4) is 0 Å². The molecule has 3 rings (SSSR count). The van der Waals surface area contributed by atoms with E-state index >= 15 is 0 Å². The number of carbonyl (C=O) groups excluding carboxylic acids is 2. The van der Waals surface area contributed by atoms with Gasteiger partial charge in [-0.2, -0.15) is 0 Å². The molecular formula is C26H32Cl2N2O2S. The summed E-state index contributed by atoms with van der Waals surface area (Å²) in [5, 5.41) is 4.25. The summed E-state index contributed by atoms with van der Waals surface area (Å²) in [7, 11) is 0. The van der Waals surface area contributed by atoms with Crippen molar-refractivity contribution >= 4 is 46.8 Å². The van der Waals surface area contributed by atoms with E-state index in [1.165, 1.54) is 18.2 Å². The summed E-state index contributed by atoms with van der Waals surface area (Å²) in [6.07, 6.45) is 6.16. The quantitative estimate of drug-likeness (QED) is 0.400. The van der Waals surface area contributed by atoms with Crippen molar-refractivity contribution in [3.05, 3.63) is 69.7 Å². The van der Waals surface area contributed by atoms with Crippen molar-refractivity contribution in [1.29, 1.82) is 0 Å². The van der Waals surface area contributed by atoms with Gasteiger partial charge in [-0.3, -0.25) is 9.59 Å². The maximum Gasteiger partial charge on any atom is 0.243 e. The molecule has 2 aromatic carbocycles. The molecule has 1 N–H and O–H groups in total. The molecule has 0 unspecified atom stereocenters. The zero-order chi connectivity index (χ0) is 23.6. The van der Waals surface area contributed by atoms with Gasteiger partial charge in [0.1, 0.15) is 6.04 Å². The Morgan fingerprint density at radius 3 is 2.42 bits per heavy atom. The van der Waals surface area contributed by atoms with Crippen molar-refractivity contribution in [2.24, 2.45) is 0 Å². The number of hydrogen-bond donors (Lipinski definition) is 1. The predicted molar refractivity (Wildman–Crippen MR) is 139 cm³/mol. The minimum atomic E-state index is -0.481. The average molecular weight is 508 g/mol. The Balaban J connectivity index is 1.67. The Bertz CT molecular complexity index is 920. The van der Waals surface area contributed by atoms with E-state index in [9.17, 15) is 9.59 Å². The molecule has 1 fully saturated rings. The van der Waals surface area contributed by atoms with Crippen molar-refractivity contribution < 1.29 is 9.59 Å². The first kappa shape index (κ1) is 25.9. The first-order chi connectivity index (χ1) is 16.0. The van der Waals surface area contributed by atoms with Gasteiger partial charge in [-0.15, -0.1) is 11.8 Å². The number of thioether (sulfide) groups is 1. The van der Waals surface area contributed by atoms with Crippen LogP contribution in [0.4, 0.5) is 0 Å². The van der Waals surface area contributed by atoms with E-state index in [1.807, 2.05) is 49.4 Å². The van der Waals surface area contributed by atoms with E-state index in [0.29, 0.717) is 34.5 Å². The van der Waals surface area contributed by atoms with Gasteiger partial charge in [-0.05, 0) is 42.5 Å². The minimum Gasteiger partial charge on any atom is -0.352 e. The Kier molecular flexibility index (Phi) is 10.4. The second-order valence-electron chi connectivity index (χ2n) is 8.52. The number of carbonyl (C=O) groups is 2. The molecule has 0 aliphatic heterocycles. The molecule has 1 aliphatic carbocycles. The van der Waals surface area contributed by atoms with Gasteiger partial charge in [0.15, 0.2) is 0 Å². The Morgan fingerprint density at radius 1 is 1.03 bits per heavy atom. The number of hydrogen-bond acceptors (Lipinski definition) is 3. The van der Waals surface area contributed by atoms with Crippen molar-refractivity contribution in [2.45, 2.75) is 69.8 Å². The summed E-state index contributed by atoms with van der Waals surface area (Å²) in [6, 6.07) is 15.1. The minimum absolute atomic E-state index is 0.0328. The lowest BCUT2D eigenvalue weighted by atomic mass is 9.95. The van der Waals surface area contributed by atoms with Gasteiger partial charge >= 0.3 is 0 Å². The molecule has 33 heavy (non-hydrogen) atoms. The fourth-order valence-electron chi connectivity index (χ4n) is 4.21. The highest BCUT2D eigenvalue weighted by molar-refractivity contribution is 7.99. The van der Waals surface area contributed by atoms with Crippen molar-refractivity contribution in [1.82, 2.24) is 10.2 Å². The molecule has 0 aromatic heterocycles. The van der Waals surface area contributed by atoms with Gasteiger partial charge in [0.05, 0.1) is 15.8 Å². The van der Waals surface area contributed by atoms with Crippen LogP contribution in [-0.2, 0) is 21.9 Å². The van der Waals surface area contributed by atoms with Crippen LogP contribution in [0.5, 0.6) is 0 Å². The van der Waals surface area contributed by atoms with Crippen LogP contribution in [0.25, 0.3) is 0 Å². The highest BCUT2D eigenvalue weighted by atomic mass is 35.5. The number of nitrogens with one attached hydrogen (secondary N) is 1. The van der Waals surface area contributed by atoms with Gasteiger partial charge in [-0.25, -0.2) is 0 Å². The zero-order valence-electron chi connectivity index (χ0n) is 19.1. The Hall–Kier alpha value is -1.69. The van der Waals surface area contributed by atoms with Crippen LogP contribution in [0, 0.1) is 0 Å². The number of halogens is 2. The molecule has 2 amide bonds. The summed E-state index contributed by atoms with van der Waals surface area (Å²) in [5.41, 5.74) is 2.03. The number of benzene rings is 2. The van der Waals surface area contributed by atoms with E-state index in [1.54, 1.807) is 11.0 Å². The molecule has 0 spiro atoms. The van der Waals surface area contributed by atoms with Gasteiger partial charge in [0.2, 0.25) is 11.8 Å². The van der Waals surface area contributed by atoms with Crippen LogP contribution in [0.1, 0.15) is 56.6 Å². The Morgan fingerprint density at radius 2 is 1.76 bits per heavy atom. The summed E-state index contributed by atoms with van der Waals surface area (Å²) in [6.45, 7) is 2.39. The van der Waals surface area contributed by atoms with E-state index in [2.05, 4.69) is 5.32 Å². The van der Waals surface area contributed by atoms with Crippen LogP contribution >= 0.6 is 35.0 Å². The third-order valence-electron chi connectivity index (χ3n) is 6.01. The first-order valence-corrected chi connectivity index (χ1v) is 13.5. The summed E-state index contributed by atoms with van der Waals surface area (Å²) in [5.74, 6) is 0.866. The van der Waals surface area contributed by atoms with Crippen LogP contribution in [0.2, 0.25) is 10.0 Å². The number of amides is 2. The normalized spacial score (nSPS) is 15.1. The molecule has 4 nitrogen and oxygen atoms in total. The average Bonchev–Trinajstić information content (AvgIpc) is 2.82. The molecule has 1 atom stereocenters. The topological polar surface area (TPSA) is 49.4 Å². The number of rotatable bonds is 10.